The highest BCUT2D eigenvalue weighted by Crippen LogP contribution is 2.18. The van der Waals surface area contributed by atoms with Gasteiger partial charge < -0.3 is 19.9 Å². The van der Waals surface area contributed by atoms with Crippen LogP contribution in [0.15, 0.2) is 0 Å². The van der Waals surface area contributed by atoms with Gasteiger partial charge in [-0.1, -0.05) is 12.8 Å². The number of carbonyl (C=O) groups excluding carboxylic acids is 2. The number of ether oxygens (including phenoxy) is 1. The summed E-state index contributed by atoms with van der Waals surface area (Å²) in [6.45, 7) is 7.78. The van der Waals surface area contributed by atoms with Crippen LogP contribution in [-0.2, 0) is 4.74 Å². The van der Waals surface area contributed by atoms with Crippen molar-refractivity contribution < 1.29 is 14.3 Å². The number of rotatable bonds is 1. The molecule has 21 heavy (non-hydrogen) atoms. The predicted octanol–water partition coefficient (Wildman–Crippen LogP) is 2.19. The molecule has 6 nitrogen and oxygen atoms in total. The summed E-state index contributed by atoms with van der Waals surface area (Å²) in [6.07, 6.45) is 4.29. The van der Waals surface area contributed by atoms with Crippen LogP contribution in [0, 0.1) is 0 Å². The van der Waals surface area contributed by atoms with Gasteiger partial charge in [0.2, 0.25) is 0 Å². The molecule has 1 N–H and O–H groups in total. The molecule has 6 heteroatoms. The van der Waals surface area contributed by atoms with E-state index >= 15 is 0 Å². The second-order valence-corrected chi connectivity index (χ2v) is 6.89. The molecule has 0 bridgehead atoms. The summed E-state index contributed by atoms with van der Waals surface area (Å²) < 4.78 is 5.35. The highest BCUT2D eigenvalue weighted by atomic mass is 16.6. The fraction of sp³-hybridized carbons (Fsp3) is 0.867. The Balaban J connectivity index is 1.74. The van der Waals surface area contributed by atoms with Crippen molar-refractivity contribution in [2.75, 3.05) is 26.2 Å². The van der Waals surface area contributed by atoms with Gasteiger partial charge in [-0.25, -0.2) is 9.59 Å². The third-order valence-electron chi connectivity index (χ3n) is 3.90. The van der Waals surface area contributed by atoms with Crippen LogP contribution in [0.25, 0.3) is 0 Å². The lowest BCUT2D eigenvalue weighted by atomic mass is 10.2. The van der Waals surface area contributed by atoms with E-state index in [2.05, 4.69) is 5.32 Å². The summed E-state index contributed by atoms with van der Waals surface area (Å²) in [4.78, 5) is 27.6. The number of hydrogen-bond donors (Lipinski definition) is 1. The number of nitrogens with zero attached hydrogens (tertiary/aromatic N) is 2. The molecule has 2 rings (SSSR count). The predicted molar refractivity (Wildman–Crippen MR) is 80.2 cm³/mol. The normalized spacial score (nSPS) is 20.5. The topological polar surface area (TPSA) is 61.9 Å². The number of piperazine rings is 1. The van der Waals surface area contributed by atoms with Crippen LogP contribution in [-0.4, -0.2) is 59.7 Å². The van der Waals surface area contributed by atoms with E-state index in [-0.39, 0.29) is 12.1 Å². The molecule has 0 aromatic carbocycles. The van der Waals surface area contributed by atoms with Crippen molar-refractivity contribution in [3.8, 4) is 0 Å². The second kappa shape index (κ2) is 6.54. The molecular weight excluding hydrogens is 270 g/mol. The van der Waals surface area contributed by atoms with E-state index in [9.17, 15) is 9.59 Å². The molecule has 0 unspecified atom stereocenters. The van der Waals surface area contributed by atoms with E-state index < -0.39 is 5.60 Å². The Bertz CT molecular complexity index is 378. The quantitative estimate of drug-likeness (QED) is 0.807. The number of hydrogen-bond acceptors (Lipinski definition) is 3. The van der Waals surface area contributed by atoms with Crippen LogP contribution in [0.3, 0.4) is 0 Å². The number of urea groups is 1. The summed E-state index contributed by atoms with van der Waals surface area (Å²) >= 11 is 0. The maximum absolute atomic E-state index is 12.1. The van der Waals surface area contributed by atoms with Crippen molar-refractivity contribution in [2.45, 2.75) is 58.1 Å². The summed E-state index contributed by atoms with van der Waals surface area (Å²) in [5.74, 6) is 0. The van der Waals surface area contributed by atoms with Crippen LogP contribution < -0.4 is 5.32 Å². The third kappa shape index (κ3) is 4.79. The molecule has 1 aliphatic carbocycles. The van der Waals surface area contributed by atoms with Gasteiger partial charge >= 0.3 is 12.1 Å². The first-order chi connectivity index (χ1) is 9.85. The van der Waals surface area contributed by atoms with Crippen molar-refractivity contribution in [3.63, 3.8) is 0 Å². The van der Waals surface area contributed by atoms with E-state index in [1.165, 1.54) is 12.8 Å². The van der Waals surface area contributed by atoms with Gasteiger partial charge in [-0.15, -0.1) is 0 Å². The average Bonchev–Trinajstić information content (AvgIpc) is 2.90. The summed E-state index contributed by atoms with van der Waals surface area (Å²) in [6, 6.07) is 0.340. The zero-order valence-corrected chi connectivity index (χ0v) is 13.4. The van der Waals surface area contributed by atoms with Crippen molar-refractivity contribution >= 4 is 12.1 Å². The number of carbonyl (C=O) groups is 2. The molecule has 2 aliphatic rings. The van der Waals surface area contributed by atoms with Crippen LogP contribution >= 0.6 is 0 Å². The third-order valence-corrected chi connectivity index (χ3v) is 3.90. The minimum Gasteiger partial charge on any atom is -0.444 e. The van der Waals surface area contributed by atoms with E-state index in [4.69, 9.17) is 4.74 Å². The van der Waals surface area contributed by atoms with Crippen LogP contribution in [0.5, 0.6) is 0 Å². The monoisotopic (exact) mass is 297 g/mol. The smallest absolute Gasteiger partial charge is 0.410 e. The van der Waals surface area contributed by atoms with E-state index in [0.29, 0.717) is 32.2 Å². The van der Waals surface area contributed by atoms with E-state index in [1.807, 2.05) is 20.8 Å². The van der Waals surface area contributed by atoms with Crippen molar-refractivity contribution in [3.05, 3.63) is 0 Å². The summed E-state index contributed by atoms with van der Waals surface area (Å²) in [5, 5.41) is 3.08. The van der Waals surface area contributed by atoms with Crippen LogP contribution in [0.4, 0.5) is 9.59 Å². The minimum absolute atomic E-state index is 0.00531. The first-order valence-corrected chi connectivity index (χ1v) is 7.88. The van der Waals surface area contributed by atoms with Crippen LogP contribution in [0.2, 0.25) is 0 Å². The Morgan fingerprint density at radius 1 is 1.00 bits per heavy atom. The molecule has 1 saturated carbocycles. The van der Waals surface area contributed by atoms with Gasteiger partial charge in [-0.05, 0) is 33.6 Å². The van der Waals surface area contributed by atoms with Gasteiger partial charge in [0.15, 0.2) is 0 Å². The largest absolute Gasteiger partial charge is 0.444 e. The summed E-state index contributed by atoms with van der Waals surface area (Å²) in [5.41, 5.74) is -0.478. The van der Waals surface area contributed by atoms with Crippen molar-refractivity contribution in [1.29, 1.82) is 0 Å². The molecule has 2 fully saturated rings. The molecular formula is C15H27N3O3. The molecule has 1 aliphatic heterocycles. The maximum Gasteiger partial charge on any atom is 0.410 e. The first-order valence-electron chi connectivity index (χ1n) is 7.88. The fourth-order valence-electron chi connectivity index (χ4n) is 2.75. The van der Waals surface area contributed by atoms with E-state index in [0.717, 1.165) is 12.8 Å². The van der Waals surface area contributed by atoms with Crippen molar-refractivity contribution in [2.24, 2.45) is 0 Å². The Hall–Kier alpha value is -1.46. The minimum atomic E-state index is -0.478. The first kappa shape index (κ1) is 15.9. The van der Waals surface area contributed by atoms with Gasteiger partial charge in [0.1, 0.15) is 5.60 Å². The molecule has 0 spiro atoms. The molecule has 0 aromatic heterocycles. The van der Waals surface area contributed by atoms with Gasteiger partial charge in [0.05, 0.1) is 0 Å². The van der Waals surface area contributed by atoms with Crippen molar-refractivity contribution in [1.82, 2.24) is 15.1 Å². The lowest BCUT2D eigenvalue weighted by Gasteiger charge is -2.36. The number of nitrogens with one attached hydrogen (secondary N) is 1. The Morgan fingerprint density at radius 2 is 1.52 bits per heavy atom. The summed E-state index contributed by atoms with van der Waals surface area (Å²) in [7, 11) is 0. The Labute approximate surface area is 126 Å². The lowest BCUT2D eigenvalue weighted by molar-refractivity contribution is 0.0169. The van der Waals surface area contributed by atoms with Gasteiger partial charge in [-0.2, -0.15) is 0 Å². The van der Waals surface area contributed by atoms with Gasteiger partial charge in [-0.3, -0.25) is 0 Å². The second-order valence-electron chi connectivity index (χ2n) is 6.89. The van der Waals surface area contributed by atoms with E-state index in [1.54, 1.807) is 9.80 Å². The lowest BCUT2D eigenvalue weighted by Crippen LogP contribution is -2.54. The molecule has 3 amide bonds. The highest BCUT2D eigenvalue weighted by molar-refractivity contribution is 5.75. The maximum atomic E-state index is 12.1. The van der Waals surface area contributed by atoms with Crippen LogP contribution in [0.1, 0.15) is 46.5 Å². The average molecular weight is 297 g/mol. The molecule has 120 valence electrons. The molecule has 1 saturated heterocycles. The Morgan fingerprint density at radius 3 is 2.05 bits per heavy atom. The van der Waals surface area contributed by atoms with Gasteiger partial charge in [0.25, 0.3) is 0 Å². The zero-order chi connectivity index (χ0) is 15.5. The van der Waals surface area contributed by atoms with Gasteiger partial charge in [0, 0.05) is 32.2 Å². The standard InChI is InChI=1S/C15H27N3O3/c1-15(2,3)21-14(20)18-10-8-17(9-11-18)13(19)16-12-6-4-5-7-12/h12H,4-11H2,1-3H3,(H,16,19). The molecule has 0 aromatic rings. The molecule has 0 radical (unpaired) electrons. The zero-order valence-electron chi connectivity index (χ0n) is 13.4. The Kier molecular flexibility index (Phi) is 4.96. The highest BCUT2D eigenvalue weighted by Gasteiger charge is 2.28. The SMILES string of the molecule is CC(C)(C)OC(=O)N1CCN(C(=O)NC2CCCC2)CC1. The molecule has 1 heterocycles. The fourth-order valence-corrected chi connectivity index (χ4v) is 2.75. The number of amides is 3. The molecule has 0 atom stereocenters.